The van der Waals surface area contributed by atoms with Crippen LogP contribution in [0.5, 0.6) is 0 Å². The Hall–Kier alpha value is -4.93. The first kappa shape index (κ1) is 65.1. The Labute approximate surface area is 445 Å². The smallest absolute Gasteiger partial charge is 0.418 e. The van der Waals surface area contributed by atoms with Gasteiger partial charge in [-0.3, -0.25) is 0 Å². The second kappa shape index (κ2) is 36.9. The summed E-state index contributed by atoms with van der Waals surface area (Å²) in [5, 5.41) is 26.3. The summed E-state index contributed by atoms with van der Waals surface area (Å²) in [6.45, 7) is 2.86. The molecule has 0 aliphatic carbocycles. The van der Waals surface area contributed by atoms with E-state index in [1.54, 1.807) is 12.1 Å². The van der Waals surface area contributed by atoms with Crippen molar-refractivity contribution in [3.05, 3.63) is 243 Å². The molecule has 0 aliphatic heterocycles. The minimum atomic E-state index is -6.00. The summed E-state index contributed by atoms with van der Waals surface area (Å²) in [6.07, 6.45) is 0. The molecule has 0 N–H and O–H groups in total. The van der Waals surface area contributed by atoms with Crippen molar-refractivity contribution in [2.75, 3.05) is 11.8 Å². The van der Waals surface area contributed by atoms with Crippen molar-refractivity contribution >= 4 is 88.6 Å². The van der Waals surface area contributed by atoms with Gasteiger partial charge >= 0.3 is 48.6 Å². The number of benzene rings is 8. The van der Waals surface area contributed by atoms with Crippen LogP contribution >= 0.6 is 31.7 Å². The molecule has 8 aromatic rings. The molecule has 0 fully saturated rings. The molecule has 18 heteroatoms. The molecule has 0 radical (unpaired) electrons. The number of nitriles is 2. The molecule has 0 amide bonds. The molecule has 8 rings (SSSR count). The largest absolute Gasteiger partial charge is 1.00 e. The summed E-state index contributed by atoms with van der Waals surface area (Å²) in [4.78, 5) is 0. The molecule has 0 aromatic heterocycles. The molecule has 0 unspecified atom stereocenters. The first-order valence-corrected chi connectivity index (χ1v) is 27.6. The third kappa shape index (κ3) is 27.2. The molecular weight excluding hydrogens is 1100 g/mol. The van der Waals surface area contributed by atoms with Crippen LogP contribution in [0.1, 0.15) is 13.8 Å². The van der Waals surface area contributed by atoms with Crippen molar-refractivity contribution in [3.63, 3.8) is 0 Å². The Balaban J connectivity index is 0.000000544. The topological polar surface area (TPSA) is 47.6 Å². The molecule has 72 heavy (non-hydrogen) atoms. The molecule has 380 valence electrons. The summed E-state index contributed by atoms with van der Waals surface area (Å²) in [5.41, 5.74) is 0. The van der Waals surface area contributed by atoms with Gasteiger partial charge in [0.25, 0.3) is 0 Å². The van der Waals surface area contributed by atoms with Crippen molar-refractivity contribution in [1.82, 2.24) is 0 Å². The van der Waals surface area contributed by atoms with Gasteiger partial charge in [-0.2, -0.15) is 10.5 Å². The number of halogens is 8. The monoisotopic (exact) mass is 1150 g/mol. The van der Waals surface area contributed by atoms with Gasteiger partial charge in [0.15, 0.2) is 0 Å². The minimum absolute atomic E-state index is 0. The van der Waals surface area contributed by atoms with E-state index < -0.39 is 46.2 Å². The van der Waals surface area contributed by atoms with Crippen LogP contribution in [-0.2, 0) is 34.1 Å². The number of hydrogen-bond donors (Lipinski definition) is 0. The van der Waals surface area contributed by atoms with E-state index in [4.69, 9.17) is 10.5 Å². The third-order valence-electron chi connectivity index (χ3n) is 9.11. The van der Waals surface area contributed by atoms with Gasteiger partial charge in [0, 0.05) is 25.7 Å². The van der Waals surface area contributed by atoms with Gasteiger partial charge in [-0.05, 0) is 74.1 Å². The van der Waals surface area contributed by atoms with Crippen LogP contribution in [0.15, 0.2) is 243 Å². The second-order valence-corrected chi connectivity index (χ2v) is 23.9. The summed E-state index contributed by atoms with van der Waals surface area (Å²) >= 11 is 0. The number of hydrogen-bond acceptors (Lipinski definition) is 2. The predicted molar refractivity (Wildman–Crippen MR) is 289 cm³/mol. The summed E-state index contributed by atoms with van der Waals surface area (Å²) < 4.78 is 78.0. The van der Waals surface area contributed by atoms with Gasteiger partial charge in [0.05, 0.1) is 12.1 Å². The molecule has 0 bridgehead atoms. The molecule has 0 saturated heterocycles. The molecule has 0 atom stereocenters. The number of nitrogens with zero attached hydrogens (tertiary/aromatic N) is 2. The molecule has 8 aromatic carbocycles. The van der Waals surface area contributed by atoms with Crippen molar-refractivity contribution in [2.45, 2.75) is 13.8 Å². The molecular formula is C54H50B2Cu2F8N2P4. The van der Waals surface area contributed by atoms with Gasteiger partial charge in [-0.15, -0.1) is 0 Å². The molecule has 0 spiro atoms. The Morgan fingerprint density at radius 1 is 0.278 bits per heavy atom. The van der Waals surface area contributed by atoms with E-state index in [1.165, 1.54) is 68.1 Å². The normalized spacial score (nSPS) is 10.2. The number of rotatable bonds is 12. The van der Waals surface area contributed by atoms with Gasteiger partial charge in [-0.1, -0.05) is 243 Å². The molecule has 0 aliphatic rings. The van der Waals surface area contributed by atoms with Crippen LogP contribution in [0.2, 0.25) is 0 Å². The van der Waals surface area contributed by atoms with E-state index in [-0.39, 0.29) is 34.1 Å². The maximum Gasteiger partial charge on any atom is 1.00 e. The van der Waals surface area contributed by atoms with Gasteiger partial charge < -0.3 is 34.5 Å². The van der Waals surface area contributed by atoms with Crippen molar-refractivity contribution < 1.29 is 68.7 Å². The van der Waals surface area contributed by atoms with Crippen molar-refractivity contribution in [3.8, 4) is 12.1 Å². The van der Waals surface area contributed by atoms with E-state index in [0.717, 1.165) is 0 Å². The van der Waals surface area contributed by atoms with E-state index in [0.29, 0.717) is 0 Å². The quantitative estimate of drug-likeness (QED) is 0.0695. The van der Waals surface area contributed by atoms with Gasteiger partial charge in [0.1, 0.15) is 0 Å². The maximum absolute atomic E-state index is 9.75. The Bertz CT molecular complexity index is 2150. The Kier molecular flexibility index (Phi) is 33.4. The SMILES string of the molecule is CC#N.CC#N.F[B-](F)(F)F.F[B-](F)(F)F.[Cu+].[Cu+].c1ccc(P(CP(c2ccccc2)c2ccccc2)c2ccccc2)cc1.c1ccc(P(CP(c2ccccc2)c2ccccc2)c2ccccc2)cc1. The second-order valence-electron chi connectivity index (χ2n) is 14.1. The standard InChI is InChI=1S/2C25H22P2.2C2H3N.2BF4.2Cu/c2*1-5-13-22(14-6-1)26(23-15-7-2-8-16-23)21-27(24-17-9-3-10-18-24)25-19-11-4-12-20-25;2*1-2-3;2*2-1(3,4)5;;/h2*1-20H,21H2;2*1H3;;;;/q;;;;2*-1;2*+1. The van der Waals surface area contributed by atoms with E-state index in [2.05, 4.69) is 243 Å². The van der Waals surface area contributed by atoms with Gasteiger partial charge in [0.2, 0.25) is 0 Å². The Morgan fingerprint density at radius 2 is 0.361 bits per heavy atom. The van der Waals surface area contributed by atoms with E-state index in [1.807, 2.05) is 0 Å². The summed E-state index contributed by atoms with van der Waals surface area (Å²) in [6, 6.07) is 91.8. The zero-order chi connectivity index (χ0) is 51.0. The predicted octanol–water partition coefficient (Wildman–Crippen LogP) is 14.1. The Morgan fingerprint density at radius 3 is 0.444 bits per heavy atom. The van der Waals surface area contributed by atoms with Crippen molar-refractivity contribution in [2.24, 2.45) is 0 Å². The molecule has 0 heterocycles. The first-order chi connectivity index (χ1) is 33.7. The molecule has 0 saturated carbocycles. The zero-order valence-electron chi connectivity index (χ0n) is 39.0. The zero-order valence-corrected chi connectivity index (χ0v) is 44.4. The van der Waals surface area contributed by atoms with Crippen LogP contribution in [0.3, 0.4) is 0 Å². The van der Waals surface area contributed by atoms with E-state index >= 15 is 0 Å². The maximum atomic E-state index is 9.75. The third-order valence-corrected chi connectivity index (χ3v) is 21.0. The molecule has 2 nitrogen and oxygen atoms in total. The van der Waals surface area contributed by atoms with Crippen LogP contribution in [0.4, 0.5) is 34.5 Å². The van der Waals surface area contributed by atoms with Crippen LogP contribution < -0.4 is 42.4 Å². The van der Waals surface area contributed by atoms with Crippen LogP contribution in [-0.4, -0.2) is 26.3 Å². The fraction of sp³-hybridized carbons (Fsp3) is 0.0741. The fourth-order valence-corrected chi connectivity index (χ4v) is 19.3. The summed E-state index contributed by atoms with van der Waals surface area (Å²) in [5.74, 6) is 2.35. The summed E-state index contributed by atoms with van der Waals surface area (Å²) in [7, 11) is -13.6. The fourth-order valence-electron chi connectivity index (χ4n) is 6.40. The van der Waals surface area contributed by atoms with Crippen LogP contribution in [0, 0.1) is 22.7 Å². The van der Waals surface area contributed by atoms with Crippen molar-refractivity contribution in [1.29, 1.82) is 10.5 Å². The average Bonchev–Trinajstić information content (AvgIpc) is 3.36. The minimum Gasteiger partial charge on any atom is -0.418 e. The first-order valence-electron chi connectivity index (χ1n) is 21.5. The average molecular weight is 1150 g/mol. The van der Waals surface area contributed by atoms with Gasteiger partial charge in [-0.25, -0.2) is 0 Å². The van der Waals surface area contributed by atoms with Crippen LogP contribution in [0.25, 0.3) is 0 Å². The van der Waals surface area contributed by atoms with E-state index in [9.17, 15) is 34.5 Å².